The number of sulfonamides is 1. The van der Waals surface area contributed by atoms with Gasteiger partial charge in [0.2, 0.25) is 10.0 Å². The average Bonchev–Trinajstić information content (AvgIpc) is 2.49. The SMILES string of the molecule is Cc1nn(CCS(=O)(=O)C(C)C)c(C)c1S(N)(=O)=O. The van der Waals surface area contributed by atoms with Crippen LogP contribution in [-0.4, -0.2) is 37.6 Å². The zero-order valence-electron chi connectivity index (χ0n) is 11.4. The molecule has 0 bridgehead atoms. The molecule has 19 heavy (non-hydrogen) atoms. The van der Waals surface area contributed by atoms with Crippen molar-refractivity contribution in [1.29, 1.82) is 0 Å². The molecule has 0 unspecified atom stereocenters. The van der Waals surface area contributed by atoms with Crippen LogP contribution in [0.25, 0.3) is 0 Å². The summed E-state index contributed by atoms with van der Waals surface area (Å²) in [4.78, 5) is -0.0329. The van der Waals surface area contributed by atoms with E-state index in [4.69, 9.17) is 5.14 Å². The maximum Gasteiger partial charge on any atom is 0.241 e. The molecule has 1 aromatic heterocycles. The summed E-state index contributed by atoms with van der Waals surface area (Å²) >= 11 is 0. The van der Waals surface area contributed by atoms with Gasteiger partial charge in [-0.2, -0.15) is 5.10 Å². The first-order valence-electron chi connectivity index (χ1n) is 5.75. The molecule has 0 spiro atoms. The number of hydrogen-bond acceptors (Lipinski definition) is 5. The van der Waals surface area contributed by atoms with Crippen molar-refractivity contribution in [1.82, 2.24) is 9.78 Å². The van der Waals surface area contributed by atoms with Crippen molar-refractivity contribution in [2.24, 2.45) is 5.14 Å². The molecule has 0 saturated carbocycles. The molecule has 0 aliphatic carbocycles. The predicted octanol–water partition coefficient (Wildman–Crippen LogP) is -0.0295. The van der Waals surface area contributed by atoms with Gasteiger partial charge >= 0.3 is 0 Å². The van der Waals surface area contributed by atoms with E-state index in [1.807, 2.05) is 0 Å². The van der Waals surface area contributed by atoms with E-state index >= 15 is 0 Å². The molecule has 0 atom stereocenters. The Morgan fingerprint density at radius 2 is 1.74 bits per heavy atom. The minimum atomic E-state index is -3.85. The standard InChI is InChI=1S/C10H19N3O4S2/c1-7(2)18(14,15)6-5-13-9(4)10(8(3)12-13)19(11,16)17/h7H,5-6H2,1-4H3,(H2,11,16,17). The highest BCUT2D eigenvalue weighted by Crippen LogP contribution is 2.17. The second-order valence-electron chi connectivity index (χ2n) is 4.68. The van der Waals surface area contributed by atoms with Crippen LogP contribution in [0, 0.1) is 13.8 Å². The van der Waals surface area contributed by atoms with E-state index in [0.717, 1.165) is 0 Å². The molecule has 0 aromatic carbocycles. The molecule has 0 aliphatic heterocycles. The lowest BCUT2D eigenvalue weighted by Gasteiger charge is -2.08. The van der Waals surface area contributed by atoms with Crippen LogP contribution in [0.1, 0.15) is 25.2 Å². The highest BCUT2D eigenvalue weighted by molar-refractivity contribution is 7.91. The van der Waals surface area contributed by atoms with Gasteiger partial charge in [-0.15, -0.1) is 0 Å². The Bertz CT molecular complexity index is 672. The fourth-order valence-corrected chi connectivity index (χ4v) is 3.63. The van der Waals surface area contributed by atoms with Crippen LogP contribution in [0.3, 0.4) is 0 Å². The van der Waals surface area contributed by atoms with E-state index in [0.29, 0.717) is 5.69 Å². The third kappa shape index (κ3) is 3.54. The van der Waals surface area contributed by atoms with Crippen molar-refractivity contribution in [3.8, 4) is 0 Å². The van der Waals surface area contributed by atoms with Gasteiger partial charge in [-0.3, -0.25) is 4.68 Å². The minimum Gasteiger partial charge on any atom is -0.267 e. The number of sulfone groups is 1. The Morgan fingerprint density at radius 1 is 1.21 bits per heavy atom. The summed E-state index contributed by atoms with van der Waals surface area (Å²) in [6.45, 7) is 6.41. The summed E-state index contributed by atoms with van der Waals surface area (Å²) < 4.78 is 47.6. The molecule has 1 heterocycles. The van der Waals surface area contributed by atoms with E-state index in [9.17, 15) is 16.8 Å². The molecule has 0 aliphatic rings. The predicted molar refractivity (Wildman–Crippen MR) is 72.0 cm³/mol. The van der Waals surface area contributed by atoms with Crippen LogP contribution in [0.2, 0.25) is 0 Å². The smallest absolute Gasteiger partial charge is 0.241 e. The average molecular weight is 309 g/mol. The van der Waals surface area contributed by atoms with Crippen LogP contribution in [0.15, 0.2) is 4.90 Å². The van der Waals surface area contributed by atoms with Crippen molar-refractivity contribution >= 4 is 19.9 Å². The molecule has 110 valence electrons. The van der Waals surface area contributed by atoms with Crippen LogP contribution >= 0.6 is 0 Å². The molecular formula is C10H19N3O4S2. The van der Waals surface area contributed by atoms with Crippen molar-refractivity contribution < 1.29 is 16.8 Å². The summed E-state index contributed by atoms with van der Waals surface area (Å²) in [5, 5.41) is 8.66. The summed E-state index contributed by atoms with van der Waals surface area (Å²) in [6.07, 6.45) is 0. The van der Waals surface area contributed by atoms with Crippen molar-refractivity contribution in [3.05, 3.63) is 11.4 Å². The van der Waals surface area contributed by atoms with Crippen LogP contribution in [0.5, 0.6) is 0 Å². The van der Waals surface area contributed by atoms with Crippen LogP contribution in [-0.2, 0) is 26.4 Å². The van der Waals surface area contributed by atoms with Gasteiger partial charge in [-0.05, 0) is 27.7 Å². The Balaban J connectivity index is 3.07. The van der Waals surface area contributed by atoms with Gasteiger partial charge in [0.15, 0.2) is 9.84 Å². The normalized spacial score (nSPS) is 13.2. The highest BCUT2D eigenvalue weighted by Gasteiger charge is 2.22. The summed E-state index contributed by atoms with van der Waals surface area (Å²) in [7, 11) is -7.04. The van der Waals surface area contributed by atoms with Crippen LogP contribution < -0.4 is 5.14 Å². The monoisotopic (exact) mass is 309 g/mol. The van der Waals surface area contributed by atoms with Gasteiger partial charge in [-0.25, -0.2) is 22.0 Å². The number of aryl methyl sites for hydroxylation is 2. The van der Waals surface area contributed by atoms with Crippen LogP contribution in [0.4, 0.5) is 0 Å². The quantitative estimate of drug-likeness (QED) is 0.821. The van der Waals surface area contributed by atoms with E-state index in [1.165, 1.54) is 11.6 Å². The van der Waals surface area contributed by atoms with Gasteiger partial charge in [0.05, 0.1) is 28.9 Å². The molecule has 0 saturated heterocycles. The molecule has 2 N–H and O–H groups in total. The third-order valence-electron chi connectivity index (χ3n) is 2.91. The van der Waals surface area contributed by atoms with E-state index in [1.54, 1.807) is 20.8 Å². The Hall–Kier alpha value is -0.930. The lowest BCUT2D eigenvalue weighted by molar-refractivity contribution is 0.568. The topological polar surface area (TPSA) is 112 Å². The molecule has 1 rings (SSSR count). The first kappa shape index (κ1) is 16.1. The summed E-state index contributed by atoms with van der Waals surface area (Å²) in [5.41, 5.74) is 0.640. The largest absolute Gasteiger partial charge is 0.267 e. The molecular weight excluding hydrogens is 290 g/mol. The maximum absolute atomic E-state index is 11.7. The maximum atomic E-state index is 11.7. The summed E-state index contributed by atoms with van der Waals surface area (Å²) in [5.74, 6) is -0.0866. The Kier molecular flexibility index (Phi) is 4.43. The minimum absolute atomic E-state index is 0.0329. The molecule has 0 radical (unpaired) electrons. The van der Waals surface area contributed by atoms with Crippen molar-refractivity contribution in [2.45, 2.75) is 44.4 Å². The second-order valence-corrected chi connectivity index (χ2v) is 8.86. The van der Waals surface area contributed by atoms with Crippen molar-refractivity contribution in [3.63, 3.8) is 0 Å². The molecule has 0 amide bonds. The highest BCUT2D eigenvalue weighted by atomic mass is 32.2. The lowest BCUT2D eigenvalue weighted by Crippen LogP contribution is -2.22. The number of hydrogen-bond donors (Lipinski definition) is 1. The summed E-state index contributed by atoms with van der Waals surface area (Å²) in [6, 6.07) is 0. The van der Waals surface area contributed by atoms with Gasteiger partial charge in [0.1, 0.15) is 4.90 Å². The third-order valence-corrected chi connectivity index (χ3v) is 6.25. The number of primary sulfonamides is 1. The van der Waals surface area contributed by atoms with Gasteiger partial charge in [-0.1, -0.05) is 0 Å². The fraction of sp³-hybridized carbons (Fsp3) is 0.700. The number of aromatic nitrogens is 2. The number of nitrogens with zero attached hydrogens (tertiary/aromatic N) is 2. The fourth-order valence-electron chi connectivity index (χ4n) is 1.76. The Labute approximate surface area is 113 Å². The zero-order valence-corrected chi connectivity index (χ0v) is 13.0. The van der Waals surface area contributed by atoms with E-state index in [-0.39, 0.29) is 22.9 Å². The lowest BCUT2D eigenvalue weighted by atomic mass is 10.4. The van der Waals surface area contributed by atoms with Gasteiger partial charge < -0.3 is 0 Å². The molecule has 1 aromatic rings. The van der Waals surface area contributed by atoms with E-state index in [2.05, 4.69) is 5.10 Å². The van der Waals surface area contributed by atoms with Gasteiger partial charge in [0, 0.05) is 0 Å². The second kappa shape index (κ2) is 5.22. The van der Waals surface area contributed by atoms with Gasteiger partial charge in [0.25, 0.3) is 0 Å². The Morgan fingerprint density at radius 3 is 2.11 bits per heavy atom. The zero-order chi connectivity index (χ0) is 15.0. The molecule has 9 heteroatoms. The van der Waals surface area contributed by atoms with Crippen molar-refractivity contribution in [2.75, 3.05) is 5.75 Å². The molecule has 0 fully saturated rings. The number of rotatable bonds is 5. The van der Waals surface area contributed by atoms with E-state index < -0.39 is 25.1 Å². The number of nitrogens with two attached hydrogens (primary N) is 1. The first-order chi connectivity index (χ1) is 8.47. The molecule has 7 nitrogen and oxygen atoms in total. The first-order valence-corrected chi connectivity index (χ1v) is 9.01.